The van der Waals surface area contributed by atoms with Crippen LogP contribution < -0.4 is 5.11 Å². The normalized spacial score (nSPS) is 18.9. The summed E-state index contributed by atoms with van der Waals surface area (Å²) in [5, 5.41) is 11.2. The van der Waals surface area contributed by atoms with E-state index in [1.54, 1.807) is 0 Å². The van der Waals surface area contributed by atoms with Crippen LogP contribution in [0.4, 0.5) is 4.79 Å². The fourth-order valence-corrected chi connectivity index (χ4v) is 3.69. The van der Waals surface area contributed by atoms with Crippen LogP contribution in [-0.2, 0) is 14.3 Å². The van der Waals surface area contributed by atoms with Gasteiger partial charge in [0, 0.05) is 12.5 Å². The lowest BCUT2D eigenvalue weighted by atomic mass is 9.98. The van der Waals surface area contributed by atoms with Gasteiger partial charge in [0.25, 0.3) is 0 Å². The molecular formula is C20H18NO5-. The first-order chi connectivity index (χ1) is 12.7. The van der Waals surface area contributed by atoms with Gasteiger partial charge in [-0.25, -0.2) is 4.79 Å². The molecule has 1 amide bonds. The van der Waals surface area contributed by atoms with Gasteiger partial charge in [0.05, 0.1) is 25.2 Å². The second-order valence-corrected chi connectivity index (χ2v) is 6.41. The lowest BCUT2D eigenvalue weighted by Gasteiger charge is -2.35. The summed E-state index contributed by atoms with van der Waals surface area (Å²) in [6.07, 6.45) is -0.649. The Morgan fingerprint density at radius 2 is 1.69 bits per heavy atom. The fourth-order valence-electron chi connectivity index (χ4n) is 3.69. The Morgan fingerprint density at radius 1 is 1.08 bits per heavy atom. The van der Waals surface area contributed by atoms with Crippen LogP contribution in [0.25, 0.3) is 11.1 Å². The predicted molar refractivity (Wildman–Crippen MR) is 91.4 cm³/mol. The highest BCUT2D eigenvalue weighted by molar-refractivity contribution is 5.80. The third kappa shape index (κ3) is 2.82. The van der Waals surface area contributed by atoms with Crippen molar-refractivity contribution in [3.8, 4) is 11.1 Å². The van der Waals surface area contributed by atoms with Crippen LogP contribution in [0.3, 0.4) is 0 Å². The van der Waals surface area contributed by atoms with E-state index in [0.717, 1.165) is 22.3 Å². The van der Waals surface area contributed by atoms with Crippen LogP contribution in [0, 0.1) is 0 Å². The molecule has 1 atom stereocenters. The van der Waals surface area contributed by atoms with Crippen LogP contribution >= 0.6 is 0 Å². The number of carbonyl (C=O) groups excluding carboxylic acids is 2. The number of fused-ring (bicyclic) bond motifs is 3. The van der Waals surface area contributed by atoms with Crippen molar-refractivity contribution in [2.75, 3.05) is 26.4 Å². The standard InChI is InChI=1S/C20H19NO5/c22-19(23)18-12-25-10-9-21(18)20(24)26-11-17-15-7-3-1-5-13(15)14-6-2-4-8-16(14)17/h1-8,17-18H,9-12H2,(H,22,23)/p-1/t18-/m1/s1. The van der Waals surface area contributed by atoms with Crippen LogP contribution in [0.15, 0.2) is 48.5 Å². The molecule has 4 rings (SSSR count). The largest absolute Gasteiger partial charge is 0.548 e. The SMILES string of the molecule is O=C([O-])[C@H]1COCCN1C(=O)OCC1c2ccccc2-c2ccccc21. The molecule has 0 aromatic heterocycles. The Labute approximate surface area is 151 Å². The average Bonchev–Trinajstić information content (AvgIpc) is 3.00. The summed E-state index contributed by atoms with van der Waals surface area (Å²) >= 11 is 0. The molecule has 0 saturated carbocycles. The molecular weight excluding hydrogens is 334 g/mol. The number of rotatable bonds is 3. The predicted octanol–water partition coefficient (Wildman–Crippen LogP) is 1.39. The molecule has 1 fully saturated rings. The van der Waals surface area contributed by atoms with Crippen molar-refractivity contribution in [2.45, 2.75) is 12.0 Å². The highest BCUT2D eigenvalue weighted by Crippen LogP contribution is 2.44. The van der Waals surface area contributed by atoms with E-state index in [-0.39, 0.29) is 32.3 Å². The number of carboxylic acid groups (broad SMARTS) is 1. The summed E-state index contributed by atoms with van der Waals surface area (Å²) in [5.74, 6) is -1.40. The number of morpholine rings is 1. The van der Waals surface area contributed by atoms with E-state index in [1.807, 2.05) is 36.4 Å². The number of hydrogen-bond acceptors (Lipinski definition) is 5. The Morgan fingerprint density at radius 3 is 2.31 bits per heavy atom. The number of aliphatic carboxylic acids is 1. The zero-order valence-electron chi connectivity index (χ0n) is 14.1. The Balaban J connectivity index is 1.53. The van der Waals surface area contributed by atoms with E-state index in [1.165, 1.54) is 4.90 Å². The molecule has 1 aliphatic heterocycles. The van der Waals surface area contributed by atoms with E-state index in [9.17, 15) is 14.7 Å². The van der Waals surface area contributed by atoms with Gasteiger partial charge in [-0.2, -0.15) is 0 Å². The number of amides is 1. The quantitative estimate of drug-likeness (QED) is 0.834. The Hall–Kier alpha value is -2.86. The molecule has 2 aromatic carbocycles. The molecule has 6 nitrogen and oxygen atoms in total. The maximum absolute atomic E-state index is 12.5. The van der Waals surface area contributed by atoms with E-state index in [2.05, 4.69) is 12.1 Å². The summed E-state index contributed by atoms with van der Waals surface area (Å²) in [6, 6.07) is 15.0. The molecule has 26 heavy (non-hydrogen) atoms. The van der Waals surface area contributed by atoms with Gasteiger partial charge in [-0.15, -0.1) is 0 Å². The van der Waals surface area contributed by atoms with Gasteiger partial charge in [-0.1, -0.05) is 48.5 Å². The molecule has 6 heteroatoms. The second-order valence-electron chi connectivity index (χ2n) is 6.41. The smallest absolute Gasteiger partial charge is 0.410 e. The minimum atomic E-state index is -1.33. The zero-order valence-corrected chi connectivity index (χ0v) is 14.1. The summed E-state index contributed by atoms with van der Waals surface area (Å²) in [6.45, 7) is 0.541. The van der Waals surface area contributed by atoms with Crippen LogP contribution in [0.1, 0.15) is 17.0 Å². The van der Waals surface area contributed by atoms with Crippen LogP contribution in [0.2, 0.25) is 0 Å². The van der Waals surface area contributed by atoms with Crippen molar-refractivity contribution in [1.82, 2.24) is 4.90 Å². The first-order valence-electron chi connectivity index (χ1n) is 8.57. The number of ether oxygens (including phenoxy) is 2. The van der Waals surface area contributed by atoms with Crippen molar-refractivity contribution in [1.29, 1.82) is 0 Å². The highest BCUT2D eigenvalue weighted by atomic mass is 16.6. The fraction of sp³-hybridized carbons (Fsp3) is 0.300. The lowest BCUT2D eigenvalue weighted by molar-refractivity contribution is -0.313. The number of benzene rings is 2. The number of carbonyl (C=O) groups is 2. The van der Waals surface area contributed by atoms with Gasteiger partial charge in [0.2, 0.25) is 0 Å². The van der Waals surface area contributed by atoms with Crippen LogP contribution in [-0.4, -0.2) is 49.4 Å². The third-order valence-electron chi connectivity index (χ3n) is 4.97. The number of carboxylic acids is 1. The first kappa shape index (κ1) is 16.6. The van der Waals surface area contributed by atoms with E-state index in [0.29, 0.717) is 0 Å². The van der Waals surface area contributed by atoms with Gasteiger partial charge >= 0.3 is 6.09 Å². The van der Waals surface area contributed by atoms with Crippen LogP contribution in [0.5, 0.6) is 0 Å². The zero-order chi connectivity index (χ0) is 18.1. The third-order valence-corrected chi connectivity index (χ3v) is 4.97. The van der Waals surface area contributed by atoms with Crippen molar-refractivity contribution in [3.05, 3.63) is 59.7 Å². The second kappa shape index (κ2) is 6.80. The minimum Gasteiger partial charge on any atom is -0.548 e. The van der Waals surface area contributed by atoms with Gasteiger partial charge in [-0.05, 0) is 22.3 Å². The molecule has 1 aliphatic carbocycles. The number of nitrogens with zero attached hydrogens (tertiary/aromatic N) is 1. The molecule has 0 N–H and O–H groups in total. The van der Waals surface area contributed by atoms with Gasteiger partial charge < -0.3 is 19.4 Å². The Bertz CT molecular complexity index is 804. The Kier molecular flexibility index (Phi) is 4.34. The number of hydrogen-bond donors (Lipinski definition) is 0. The maximum atomic E-state index is 12.5. The van der Waals surface area contributed by atoms with Crippen molar-refractivity contribution in [3.63, 3.8) is 0 Å². The monoisotopic (exact) mass is 352 g/mol. The van der Waals surface area contributed by atoms with Crippen molar-refractivity contribution < 1.29 is 24.2 Å². The minimum absolute atomic E-state index is 0.0613. The molecule has 0 bridgehead atoms. The van der Waals surface area contributed by atoms with E-state index < -0.39 is 18.1 Å². The van der Waals surface area contributed by atoms with E-state index >= 15 is 0 Å². The molecule has 0 unspecified atom stereocenters. The molecule has 1 saturated heterocycles. The summed E-state index contributed by atoms with van der Waals surface area (Å²) in [7, 11) is 0. The summed E-state index contributed by atoms with van der Waals surface area (Å²) < 4.78 is 10.6. The molecule has 0 spiro atoms. The lowest BCUT2D eigenvalue weighted by Crippen LogP contribution is -2.57. The highest BCUT2D eigenvalue weighted by Gasteiger charge is 2.32. The topological polar surface area (TPSA) is 78.9 Å². The maximum Gasteiger partial charge on any atom is 0.410 e. The van der Waals surface area contributed by atoms with Gasteiger partial charge in [0.1, 0.15) is 6.61 Å². The molecule has 2 aromatic rings. The summed E-state index contributed by atoms with van der Waals surface area (Å²) in [5.41, 5.74) is 4.51. The van der Waals surface area contributed by atoms with Gasteiger partial charge in [0.15, 0.2) is 0 Å². The molecule has 2 aliphatic rings. The first-order valence-corrected chi connectivity index (χ1v) is 8.57. The summed E-state index contributed by atoms with van der Waals surface area (Å²) in [4.78, 5) is 24.8. The van der Waals surface area contributed by atoms with E-state index in [4.69, 9.17) is 9.47 Å². The average molecular weight is 352 g/mol. The van der Waals surface area contributed by atoms with Crippen molar-refractivity contribution >= 4 is 12.1 Å². The molecule has 0 radical (unpaired) electrons. The van der Waals surface area contributed by atoms with Crippen molar-refractivity contribution in [2.24, 2.45) is 0 Å². The molecule has 134 valence electrons. The molecule has 1 heterocycles. The van der Waals surface area contributed by atoms with Gasteiger partial charge in [-0.3, -0.25) is 4.90 Å².